The summed E-state index contributed by atoms with van der Waals surface area (Å²) in [5, 5.41) is 1.29. The molecule has 0 N–H and O–H groups in total. The van der Waals surface area contributed by atoms with E-state index in [9.17, 15) is 0 Å². The van der Waals surface area contributed by atoms with Crippen LogP contribution in [0.4, 0.5) is 0 Å². The van der Waals surface area contributed by atoms with Gasteiger partial charge in [0.05, 0.1) is 6.10 Å². The predicted molar refractivity (Wildman–Crippen MR) is 73.2 cm³/mol. The molecule has 1 aromatic heterocycles. The van der Waals surface area contributed by atoms with Gasteiger partial charge in [-0.3, -0.25) is 0 Å². The van der Waals surface area contributed by atoms with Gasteiger partial charge in [-0.25, -0.2) is 0 Å². The highest BCUT2D eigenvalue weighted by atomic mass is 79.9. The molecule has 0 radical (unpaired) electrons. The third-order valence-electron chi connectivity index (χ3n) is 3.41. The molecular weight excluding hydrogens is 278 g/mol. The average Bonchev–Trinajstić information content (AvgIpc) is 2.73. The summed E-state index contributed by atoms with van der Waals surface area (Å²) in [5.74, 6) is 0. The average molecular weight is 294 g/mol. The first-order chi connectivity index (χ1) is 8.33. The standard InChI is InChI=1S/C14H16BrNO/c15-12-4-5-14-11(9-12)6-7-16(14)10-13-3-1-2-8-17-13/h4-7,9,13H,1-3,8,10H2. The molecule has 0 amide bonds. The molecule has 0 spiro atoms. The minimum atomic E-state index is 0.392. The summed E-state index contributed by atoms with van der Waals surface area (Å²) in [6.45, 7) is 1.90. The Balaban J connectivity index is 1.84. The smallest absolute Gasteiger partial charge is 0.0754 e. The van der Waals surface area contributed by atoms with Crippen LogP contribution in [-0.4, -0.2) is 17.3 Å². The molecule has 2 aromatic rings. The van der Waals surface area contributed by atoms with Crippen LogP contribution in [0.3, 0.4) is 0 Å². The Morgan fingerprint density at radius 3 is 3.06 bits per heavy atom. The van der Waals surface area contributed by atoms with Gasteiger partial charge in [-0.05, 0) is 43.5 Å². The first kappa shape index (κ1) is 11.3. The van der Waals surface area contributed by atoms with Crippen LogP contribution < -0.4 is 0 Å². The lowest BCUT2D eigenvalue weighted by atomic mass is 10.1. The van der Waals surface area contributed by atoms with Crippen molar-refractivity contribution >= 4 is 26.8 Å². The number of benzene rings is 1. The SMILES string of the molecule is Brc1ccc2c(ccn2CC2CCCCO2)c1. The minimum Gasteiger partial charge on any atom is -0.376 e. The molecule has 3 heteroatoms. The lowest BCUT2D eigenvalue weighted by Crippen LogP contribution is -2.24. The molecule has 1 fully saturated rings. The predicted octanol–water partition coefficient (Wildman–Crippen LogP) is 3.97. The molecule has 3 rings (SSSR count). The molecular formula is C14H16BrNO. The number of rotatable bonds is 2. The Labute approximate surface area is 110 Å². The summed E-state index contributed by atoms with van der Waals surface area (Å²) in [6, 6.07) is 8.60. The van der Waals surface area contributed by atoms with Crippen molar-refractivity contribution in [2.24, 2.45) is 0 Å². The van der Waals surface area contributed by atoms with E-state index in [2.05, 4.69) is 51.0 Å². The number of halogens is 1. The monoisotopic (exact) mass is 293 g/mol. The van der Waals surface area contributed by atoms with Crippen LogP contribution in [0.1, 0.15) is 19.3 Å². The van der Waals surface area contributed by atoms with Crippen LogP contribution >= 0.6 is 15.9 Å². The van der Waals surface area contributed by atoms with Gasteiger partial charge in [0.1, 0.15) is 0 Å². The molecule has 1 aliphatic rings. The Morgan fingerprint density at radius 1 is 1.29 bits per heavy atom. The van der Waals surface area contributed by atoms with Crippen LogP contribution in [0.2, 0.25) is 0 Å². The zero-order valence-electron chi connectivity index (χ0n) is 9.73. The minimum absolute atomic E-state index is 0.392. The first-order valence-corrected chi connectivity index (χ1v) is 6.98. The van der Waals surface area contributed by atoms with E-state index in [0.29, 0.717) is 6.10 Å². The largest absolute Gasteiger partial charge is 0.376 e. The van der Waals surface area contributed by atoms with Crippen molar-refractivity contribution in [1.82, 2.24) is 4.57 Å². The third-order valence-corrected chi connectivity index (χ3v) is 3.90. The summed E-state index contributed by atoms with van der Waals surface area (Å²) in [5.41, 5.74) is 1.29. The van der Waals surface area contributed by atoms with Gasteiger partial charge in [0.15, 0.2) is 0 Å². The van der Waals surface area contributed by atoms with E-state index in [4.69, 9.17) is 4.74 Å². The van der Waals surface area contributed by atoms with Gasteiger partial charge < -0.3 is 9.30 Å². The van der Waals surface area contributed by atoms with E-state index in [0.717, 1.165) is 17.6 Å². The molecule has 90 valence electrons. The molecule has 1 saturated heterocycles. The molecule has 2 nitrogen and oxygen atoms in total. The fraction of sp³-hybridized carbons (Fsp3) is 0.429. The fourth-order valence-corrected chi connectivity index (χ4v) is 2.88. The van der Waals surface area contributed by atoms with Gasteiger partial charge >= 0.3 is 0 Å². The van der Waals surface area contributed by atoms with Crippen molar-refractivity contribution in [2.75, 3.05) is 6.61 Å². The Hall–Kier alpha value is -0.800. The number of hydrogen-bond acceptors (Lipinski definition) is 1. The van der Waals surface area contributed by atoms with Gasteiger partial charge in [-0.2, -0.15) is 0 Å². The Morgan fingerprint density at radius 2 is 2.24 bits per heavy atom. The zero-order valence-corrected chi connectivity index (χ0v) is 11.3. The number of hydrogen-bond donors (Lipinski definition) is 0. The second-order valence-electron chi connectivity index (χ2n) is 4.66. The molecule has 17 heavy (non-hydrogen) atoms. The number of aromatic nitrogens is 1. The van der Waals surface area contributed by atoms with Crippen LogP contribution in [0.5, 0.6) is 0 Å². The van der Waals surface area contributed by atoms with Crippen molar-refractivity contribution in [3.05, 3.63) is 34.9 Å². The first-order valence-electron chi connectivity index (χ1n) is 6.19. The van der Waals surface area contributed by atoms with Crippen LogP contribution in [-0.2, 0) is 11.3 Å². The second-order valence-corrected chi connectivity index (χ2v) is 5.58. The van der Waals surface area contributed by atoms with Gasteiger partial charge in [0, 0.05) is 34.7 Å². The number of nitrogens with zero attached hydrogens (tertiary/aromatic N) is 1. The molecule has 0 aliphatic carbocycles. The van der Waals surface area contributed by atoms with Crippen molar-refractivity contribution < 1.29 is 4.74 Å². The Kier molecular flexibility index (Phi) is 3.21. The van der Waals surface area contributed by atoms with Crippen molar-refractivity contribution in [3.8, 4) is 0 Å². The van der Waals surface area contributed by atoms with Crippen LogP contribution in [0, 0.1) is 0 Å². The van der Waals surface area contributed by atoms with Crippen molar-refractivity contribution in [3.63, 3.8) is 0 Å². The highest BCUT2D eigenvalue weighted by molar-refractivity contribution is 9.10. The maximum Gasteiger partial charge on any atom is 0.0754 e. The van der Waals surface area contributed by atoms with E-state index in [1.54, 1.807) is 0 Å². The van der Waals surface area contributed by atoms with Gasteiger partial charge in [0.25, 0.3) is 0 Å². The summed E-state index contributed by atoms with van der Waals surface area (Å²) in [6.07, 6.45) is 6.26. The van der Waals surface area contributed by atoms with E-state index in [-0.39, 0.29) is 0 Å². The highest BCUT2D eigenvalue weighted by Gasteiger charge is 2.15. The van der Waals surface area contributed by atoms with Gasteiger partial charge in [-0.1, -0.05) is 15.9 Å². The normalized spacial score (nSPS) is 20.9. The lowest BCUT2D eigenvalue weighted by molar-refractivity contribution is 0.00670. The van der Waals surface area contributed by atoms with Gasteiger partial charge in [0.2, 0.25) is 0 Å². The highest BCUT2D eigenvalue weighted by Crippen LogP contribution is 2.22. The molecule has 0 saturated carbocycles. The zero-order chi connectivity index (χ0) is 11.7. The molecule has 1 aromatic carbocycles. The molecule has 1 aliphatic heterocycles. The maximum atomic E-state index is 5.79. The van der Waals surface area contributed by atoms with Crippen LogP contribution in [0.25, 0.3) is 10.9 Å². The van der Waals surface area contributed by atoms with Gasteiger partial charge in [-0.15, -0.1) is 0 Å². The van der Waals surface area contributed by atoms with E-state index in [1.165, 1.54) is 30.2 Å². The van der Waals surface area contributed by atoms with Crippen molar-refractivity contribution in [1.29, 1.82) is 0 Å². The third kappa shape index (κ3) is 2.40. The second kappa shape index (κ2) is 4.83. The summed E-state index contributed by atoms with van der Waals surface area (Å²) < 4.78 is 9.23. The van der Waals surface area contributed by atoms with E-state index >= 15 is 0 Å². The summed E-state index contributed by atoms with van der Waals surface area (Å²) in [4.78, 5) is 0. The maximum absolute atomic E-state index is 5.79. The Bertz CT molecular complexity index is 514. The van der Waals surface area contributed by atoms with E-state index < -0.39 is 0 Å². The number of ether oxygens (including phenoxy) is 1. The molecule has 0 bridgehead atoms. The fourth-order valence-electron chi connectivity index (χ4n) is 2.50. The summed E-state index contributed by atoms with van der Waals surface area (Å²) >= 11 is 3.51. The molecule has 1 unspecified atom stereocenters. The lowest BCUT2D eigenvalue weighted by Gasteiger charge is -2.23. The van der Waals surface area contributed by atoms with E-state index in [1.807, 2.05) is 0 Å². The van der Waals surface area contributed by atoms with Crippen LogP contribution in [0.15, 0.2) is 34.9 Å². The van der Waals surface area contributed by atoms with Crippen molar-refractivity contribution in [2.45, 2.75) is 31.9 Å². The summed E-state index contributed by atoms with van der Waals surface area (Å²) in [7, 11) is 0. The quantitative estimate of drug-likeness (QED) is 0.817. The number of fused-ring (bicyclic) bond motifs is 1. The molecule has 1 atom stereocenters. The molecule has 2 heterocycles. The topological polar surface area (TPSA) is 14.2 Å².